The summed E-state index contributed by atoms with van der Waals surface area (Å²) < 4.78 is 0. The van der Waals surface area contributed by atoms with Crippen LogP contribution in [0.3, 0.4) is 0 Å². The number of nitrogens with zero attached hydrogens (tertiary/aromatic N) is 1. The van der Waals surface area contributed by atoms with E-state index >= 15 is 0 Å². The third-order valence-electron chi connectivity index (χ3n) is 3.08. The predicted molar refractivity (Wildman–Crippen MR) is 62.9 cm³/mol. The minimum absolute atomic E-state index is 0.0793. The van der Waals surface area contributed by atoms with Crippen LogP contribution < -0.4 is 11.1 Å². The number of hydrogen-bond donors (Lipinski definition) is 2. The van der Waals surface area contributed by atoms with E-state index in [-0.39, 0.29) is 11.4 Å². The molecule has 0 spiro atoms. The van der Waals surface area contributed by atoms with Crippen LogP contribution >= 0.6 is 0 Å². The van der Waals surface area contributed by atoms with Gasteiger partial charge in [-0.05, 0) is 44.7 Å². The molecule has 0 bridgehead atoms. The van der Waals surface area contributed by atoms with E-state index in [4.69, 9.17) is 5.73 Å². The van der Waals surface area contributed by atoms with Crippen molar-refractivity contribution in [2.24, 2.45) is 5.92 Å². The van der Waals surface area contributed by atoms with Crippen LogP contribution in [0.2, 0.25) is 0 Å². The molecule has 1 aliphatic rings. The van der Waals surface area contributed by atoms with Gasteiger partial charge in [0.15, 0.2) is 0 Å². The monoisotopic (exact) mass is 219 g/mol. The second kappa shape index (κ2) is 3.77. The molecule has 1 aromatic rings. The molecule has 0 saturated heterocycles. The quantitative estimate of drug-likeness (QED) is 0.811. The lowest BCUT2D eigenvalue weighted by atomic mass is 9.98. The zero-order valence-electron chi connectivity index (χ0n) is 9.66. The maximum Gasteiger partial charge on any atom is 0.253 e. The molecule has 0 atom stereocenters. The molecule has 1 fully saturated rings. The SMILES string of the molecule is CC(C)(NC(=O)c1ccc(N)nc1)C1CC1. The Kier molecular flexibility index (Phi) is 2.58. The zero-order valence-corrected chi connectivity index (χ0v) is 9.66. The summed E-state index contributed by atoms with van der Waals surface area (Å²) in [6.45, 7) is 4.13. The summed E-state index contributed by atoms with van der Waals surface area (Å²) in [7, 11) is 0. The number of carbonyl (C=O) groups excluding carboxylic acids is 1. The normalized spacial score (nSPS) is 15.9. The molecule has 1 saturated carbocycles. The Morgan fingerprint density at radius 2 is 2.19 bits per heavy atom. The van der Waals surface area contributed by atoms with Crippen molar-refractivity contribution >= 4 is 11.7 Å². The Labute approximate surface area is 95.3 Å². The van der Waals surface area contributed by atoms with Gasteiger partial charge in [-0.2, -0.15) is 0 Å². The second-order valence-electron chi connectivity index (χ2n) is 4.92. The highest BCUT2D eigenvalue weighted by atomic mass is 16.1. The van der Waals surface area contributed by atoms with Crippen molar-refractivity contribution in [3.63, 3.8) is 0 Å². The van der Waals surface area contributed by atoms with Crippen LogP contribution in [-0.2, 0) is 0 Å². The van der Waals surface area contributed by atoms with E-state index in [1.807, 2.05) is 0 Å². The molecule has 4 heteroatoms. The predicted octanol–water partition coefficient (Wildman–Crippen LogP) is 1.58. The Morgan fingerprint density at radius 1 is 1.50 bits per heavy atom. The molecule has 2 rings (SSSR count). The van der Waals surface area contributed by atoms with Gasteiger partial charge in [0.2, 0.25) is 0 Å². The number of amides is 1. The first-order valence-corrected chi connectivity index (χ1v) is 5.53. The molecule has 1 amide bonds. The van der Waals surface area contributed by atoms with Gasteiger partial charge in [0.25, 0.3) is 5.91 Å². The summed E-state index contributed by atoms with van der Waals surface area (Å²) >= 11 is 0. The van der Waals surface area contributed by atoms with Crippen LogP contribution in [0.4, 0.5) is 5.82 Å². The van der Waals surface area contributed by atoms with E-state index in [1.165, 1.54) is 19.0 Å². The third kappa shape index (κ3) is 2.32. The highest BCUT2D eigenvalue weighted by Gasteiger charge is 2.38. The van der Waals surface area contributed by atoms with E-state index in [1.54, 1.807) is 12.1 Å². The molecule has 16 heavy (non-hydrogen) atoms. The van der Waals surface area contributed by atoms with E-state index in [2.05, 4.69) is 24.1 Å². The first-order chi connectivity index (χ1) is 7.49. The van der Waals surface area contributed by atoms with E-state index in [0.717, 1.165) is 0 Å². The Hall–Kier alpha value is -1.58. The van der Waals surface area contributed by atoms with Crippen LogP contribution in [0.1, 0.15) is 37.0 Å². The zero-order chi connectivity index (χ0) is 11.8. The average molecular weight is 219 g/mol. The van der Waals surface area contributed by atoms with Gasteiger partial charge in [-0.15, -0.1) is 0 Å². The first-order valence-electron chi connectivity index (χ1n) is 5.53. The van der Waals surface area contributed by atoms with Crippen LogP contribution in [0.25, 0.3) is 0 Å². The molecular formula is C12H17N3O. The van der Waals surface area contributed by atoms with Crippen molar-refractivity contribution in [3.8, 4) is 0 Å². The third-order valence-corrected chi connectivity index (χ3v) is 3.08. The highest BCUT2D eigenvalue weighted by Crippen LogP contribution is 2.39. The Balaban J connectivity index is 2.05. The minimum Gasteiger partial charge on any atom is -0.384 e. The van der Waals surface area contributed by atoms with Crippen molar-refractivity contribution in [2.75, 3.05) is 5.73 Å². The smallest absolute Gasteiger partial charge is 0.253 e. The van der Waals surface area contributed by atoms with Crippen molar-refractivity contribution in [1.82, 2.24) is 10.3 Å². The molecule has 0 aromatic carbocycles. The summed E-state index contributed by atoms with van der Waals surface area (Å²) in [6, 6.07) is 3.33. The lowest BCUT2D eigenvalue weighted by molar-refractivity contribution is 0.0903. The number of pyridine rings is 1. The number of nitrogens with two attached hydrogens (primary N) is 1. The van der Waals surface area contributed by atoms with Crippen LogP contribution in [-0.4, -0.2) is 16.4 Å². The molecule has 4 nitrogen and oxygen atoms in total. The van der Waals surface area contributed by atoms with Crippen LogP contribution in [0.5, 0.6) is 0 Å². The summed E-state index contributed by atoms with van der Waals surface area (Å²) in [5.41, 5.74) is 5.90. The van der Waals surface area contributed by atoms with Crippen molar-refractivity contribution in [1.29, 1.82) is 0 Å². The van der Waals surface area contributed by atoms with E-state index in [9.17, 15) is 4.79 Å². The number of carbonyl (C=O) groups is 1. The molecule has 1 aromatic heterocycles. The van der Waals surface area contributed by atoms with E-state index < -0.39 is 0 Å². The molecule has 1 aliphatic carbocycles. The molecule has 0 radical (unpaired) electrons. The Morgan fingerprint density at radius 3 is 2.69 bits per heavy atom. The summed E-state index contributed by atoms with van der Waals surface area (Å²) in [6.07, 6.45) is 3.91. The molecule has 86 valence electrons. The highest BCUT2D eigenvalue weighted by molar-refractivity contribution is 5.94. The number of aromatic nitrogens is 1. The van der Waals surface area contributed by atoms with Gasteiger partial charge in [0, 0.05) is 11.7 Å². The summed E-state index contributed by atoms with van der Waals surface area (Å²) in [5, 5.41) is 3.03. The molecule has 0 aliphatic heterocycles. The minimum atomic E-state index is -0.127. The van der Waals surface area contributed by atoms with Gasteiger partial charge >= 0.3 is 0 Å². The summed E-state index contributed by atoms with van der Waals surface area (Å²) in [5.74, 6) is 0.959. The number of nitrogens with one attached hydrogen (secondary N) is 1. The maximum absolute atomic E-state index is 11.9. The lowest BCUT2D eigenvalue weighted by Gasteiger charge is -2.26. The van der Waals surface area contributed by atoms with Crippen molar-refractivity contribution in [2.45, 2.75) is 32.2 Å². The van der Waals surface area contributed by atoms with Crippen LogP contribution in [0.15, 0.2) is 18.3 Å². The fourth-order valence-electron chi connectivity index (χ4n) is 1.81. The average Bonchev–Trinajstić information content (AvgIpc) is 3.01. The van der Waals surface area contributed by atoms with Gasteiger partial charge in [-0.1, -0.05) is 0 Å². The molecule has 0 unspecified atom stereocenters. The van der Waals surface area contributed by atoms with Crippen molar-refractivity contribution < 1.29 is 4.79 Å². The van der Waals surface area contributed by atoms with Gasteiger partial charge in [-0.25, -0.2) is 4.98 Å². The van der Waals surface area contributed by atoms with Crippen LogP contribution in [0, 0.1) is 5.92 Å². The number of nitrogen functional groups attached to an aromatic ring is 1. The standard InChI is InChI=1S/C12H17N3O/c1-12(2,9-4-5-9)15-11(16)8-3-6-10(13)14-7-8/h3,6-7,9H,4-5H2,1-2H3,(H2,13,14)(H,15,16). The maximum atomic E-state index is 11.9. The van der Waals surface area contributed by atoms with Gasteiger partial charge < -0.3 is 11.1 Å². The van der Waals surface area contributed by atoms with Gasteiger partial charge in [0.05, 0.1) is 5.56 Å². The molecular weight excluding hydrogens is 202 g/mol. The molecule has 3 N–H and O–H groups in total. The number of rotatable bonds is 3. The van der Waals surface area contributed by atoms with Gasteiger partial charge in [0.1, 0.15) is 5.82 Å². The summed E-state index contributed by atoms with van der Waals surface area (Å²) in [4.78, 5) is 15.8. The number of anilines is 1. The topological polar surface area (TPSA) is 68.0 Å². The van der Waals surface area contributed by atoms with Crippen molar-refractivity contribution in [3.05, 3.63) is 23.9 Å². The fourth-order valence-corrected chi connectivity index (χ4v) is 1.81. The van der Waals surface area contributed by atoms with E-state index in [0.29, 0.717) is 17.3 Å². The largest absolute Gasteiger partial charge is 0.384 e. The lowest BCUT2D eigenvalue weighted by Crippen LogP contribution is -2.45. The van der Waals surface area contributed by atoms with Gasteiger partial charge in [-0.3, -0.25) is 4.79 Å². The fraction of sp³-hybridized carbons (Fsp3) is 0.500. The number of hydrogen-bond acceptors (Lipinski definition) is 3. The Bertz CT molecular complexity index is 393. The second-order valence-corrected chi connectivity index (χ2v) is 4.92. The molecule has 1 heterocycles. The first kappa shape index (κ1) is 10.9.